The van der Waals surface area contributed by atoms with Gasteiger partial charge in [0.1, 0.15) is 9.77 Å². The van der Waals surface area contributed by atoms with Crippen molar-refractivity contribution in [3.63, 3.8) is 0 Å². The first-order valence-electron chi connectivity index (χ1n) is 9.71. The molecule has 0 unspecified atom stereocenters. The van der Waals surface area contributed by atoms with E-state index in [1.165, 1.54) is 10.4 Å². The number of likely N-dealkylation sites (tertiary alicyclic amines) is 1. The summed E-state index contributed by atoms with van der Waals surface area (Å²) < 4.78 is 32.2. The van der Waals surface area contributed by atoms with Crippen molar-refractivity contribution in [3.05, 3.63) is 16.3 Å². The van der Waals surface area contributed by atoms with Crippen LogP contribution in [0.5, 0.6) is 0 Å². The Kier molecular flexibility index (Phi) is 7.44. The van der Waals surface area contributed by atoms with Crippen molar-refractivity contribution in [1.82, 2.24) is 14.5 Å². The van der Waals surface area contributed by atoms with Gasteiger partial charge in [-0.25, -0.2) is 8.42 Å². The van der Waals surface area contributed by atoms with Crippen molar-refractivity contribution in [1.29, 1.82) is 0 Å². The van der Waals surface area contributed by atoms with Gasteiger partial charge in [-0.05, 0) is 24.3 Å². The van der Waals surface area contributed by atoms with Crippen LogP contribution in [-0.2, 0) is 19.6 Å². The summed E-state index contributed by atoms with van der Waals surface area (Å²) in [5, 5.41) is 4.30. The van der Waals surface area contributed by atoms with E-state index in [1.54, 1.807) is 5.38 Å². The second-order valence-corrected chi connectivity index (χ2v) is 9.75. The second-order valence-electron chi connectivity index (χ2n) is 6.93. The first-order valence-corrected chi connectivity index (χ1v) is 12.0. The highest BCUT2D eigenvalue weighted by molar-refractivity contribution is 7.89. The van der Waals surface area contributed by atoms with E-state index >= 15 is 0 Å². The van der Waals surface area contributed by atoms with Crippen molar-refractivity contribution in [2.45, 2.75) is 37.0 Å². The lowest BCUT2D eigenvalue weighted by Gasteiger charge is -2.26. The standard InChI is InChI=1S/C18H27N3O5S2/c22-16(20-8-3-1-2-4-9-20)5-7-19-18(23)17-15(6-14-27-17)28(24,25)21-10-12-26-13-11-21/h6,14H,1-5,7-13H2,(H,19,23). The molecule has 156 valence electrons. The number of nitrogens with zero attached hydrogens (tertiary/aromatic N) is 2. The summed E-state index contributed by atoms with van der Waals surface area (Å²) in [6, 6.07) is 1.47. The lowest BCUT2D eigenvalue weighted by atomic mass is 10.2. The quantitative estimate of drug-likeness (QED) is 0.735. The van der Waals surface area contributed by atoms with Gasteiger partial charge in [-0.2, -0.15) is 4.31 Å². The molecule has 28 heavy (non-hydrogen) atoms. The van der Waals surface area contributed by atoms with Gasteiger partial charge in [0.2, 0.25) is 15.9 Å². The molecule has 1 N–H and O–H groups in total. The molecule has 1 aromatic rings. The molecule has 3 heterocycles. The lowest BCUT2D eigenvalue weighted by Crippen LogP contribution is -2.41. The fraction of sp³-hybridized carbons (Fsp3) is 0.667. The third-order valence-corrected chi connectivity index (χ3v) is 7.99. The molecule has 1 aromatic heterocycles. The van der Waals surface area contributed by atoms with E-state index in [0.29, 0.717) is 13.2 Å². The van der Waals surface area contributed by atoms with Gasteiger partial charge in [-0.3, -0.25) is 9.59 Å². The smallest absolute Gasteiger partial charge is 0.262 e. The Labute approximate surface area is 169 Å². The Bertz CT molecular complexity index is 779. The third-order valence-electron chi connectivity index (χ3n) is 5.01. The first-order chi connectivity index (χ1) is 13.5. The number of hydrogen-bond acceptors (Lipinski definition) is 6. The molecule has 0 bridgehead atoms. The summed E-state index contributed by atoms with van der Waals surface area (Å²) in [5.74, 6) is -0.417. The van der Waals surface area contributed by atoms with Crippen molar-refractivity contribution >= 4 is 33.2 Å². The monoisotopic (exact) mass is 429 g/mol. The number of thiophene rings is 1. The third kappa shape index (κ3) is 5.11. The van der Waals surface area contributed by atoms with Gasteiger partial charge >= 0.3 is 0 Å². The summed E-state index contributed by atoms with van der Waals surface area (Å²) in [6.45, 7) is 3.02. The minimum absolute atomic E-state index is 0.0238. The average Bonchev–Trinajstić information content (AvgIpc) is 3.05. The molecule has 0 spiro atoms. The van der Waals surface area contributed by atoms with Crippen LogP contribution in [-0.4, -0.2) is 75.4 Å². The SMILES string of the molecule is O=C(NCCC(=O)N1CCCCCC1)c1sccc1S(=O)(=O)N1CCOCC1. The molecule has 2 saturated heterocycles. The maximum atomic E-state index is 12.8. The number of carbonyl (C=O) groups is 2. The summed E-state index contributed by atoms with van der Waals surface area (Å²) in [5.41, 5.74) is 0. The summed E-state index contributed by atoms with van der Waals surface area (Å²) >= 11 is 1.09. The van der Waals surface area contributed by atoms with Gasteiger partial charge in [-0.1, -0.05) is 12.8 Å². The second kappa shape index (κ2) is 9.82. The molecule has 0 radical (unpaired) electrons. The minimum atomic E-state index is -3.73. The number of amides is 2. The fourth-order valence-corrected chi connectivity index (χ4v) is 6.16. The molecule has 2 aliphatic rings. The molecule has 3 rings (SSSR count). The highest BCUT2D eigenvalue weighted by atomic mass is 32.2. The number of nitrogens with one attached hydrogen (secondary N) is 1. The topological polar surface area (TPSA) is 96.0 Å². The van der Waals surface area contributed by atoms with Crippen molar-refractivity contribution < 1.29 is 22.7 Å². The van der Waals surface area contributed by atoms with Crippen LogP contribution in [0.1, 0.15) is 41.8 Å². The zero-order valence-electron chi connectivity index (χ0n) is 15.9. The maximum absolute atomic E-state index is 12.8. The maximum Gasteiger partial charge on any atom is 0.262 e. The summed E-state index contributed by atoms with van der Waals surface area (Å²) in [4.78, 5) is 26.9. The largest absolute Gasteiger partial charge is 0.379 e. The lowest BCUT2D eigenvalue weighted by molar-refractivity contribution is -0.131. The molecule has 2 aliphatic heterocycles. The van der Waals surface area contributed by atoms with E-state index in [-0.39, 0.29) is 41.7 Å². The number of carbonyl (C=O) groups excluding carboxylic acids is 2. The van der Waals surface area contributed by atoms with E-state index in [0.717, 1.165) is 50.1 Å². The number of hydrogen-bond donors (Lipinski definition) is 1. The van der Waals surface area contributed by atoms with Crippen molar-refractivity contribution in [2.24, 2.45) is 0 Å². The highest BCUT2D eigenvalue weighted by Crippen LogP contribution is 2.25. The van der Waals surface area contributed by atoms with Gasteiger partial charge in [0, 0.05) is 39.1 Å². The van der Waals surface area contributed by atoms with Crippen LogP contribution in [0, 0.1) is 0 Å². The predicted molar refractivity (Wildman–Crippen MR) is 106 cm³/mol. The van der Waals surface area contributed by atoms with E-state index in [2.05, 4.69) is 5.32 Å². The Balaban J connectivity index is 1.56. The molecule has 2 fully saturated rings. The van der Waals surface area contributed by atoms with Crippen LogP contribution in [0.3, 0.4) is 0 Å². The van der Waals surface area contributed by atoms with Gasteiger partial charge in [0.25, 0.3) is 5.91 Å². The van der Waals surface area contributed by atoms with Crippen LogP contribution < -0.4 is 5.32 Å². The van der Waals surface area contributed by atoms with Crippen LogP contribution >= 0.6 is 11.3 Å². The number of morpholine rings is 1. The average molecular weight is 430 g/mol. The Morgan fingerprint density at radius 1 is 1.07 bits per heavy atom. The zero-order valence-corrected chi connectivity index (χ0v) is 17.5. The molecule has 8 nitrogen and oxygen atoms in total. The highest BCUT2D eigenvalue weighted by Gasteiger charge is 2.31. The van der Waals surface area contributed by atoms with Crippen LogP contribution in [0.25, 0.3) is 0 Å². The number of rotatable bonds is 6. The van der Waals surface area contributed by atoms with E-state index in [4.69, 9.17) is 4.74 Å². The molecule has 10 heteroatoms. The van der Waals surface area contributed by atoms with E-state index in [9.17, 15) is 18.0 Å². The molecule has 0 atom stereocenters. The van der Waals surface area contributed by atoms with Crippen molar-refractivity contribution in [2.75, 3.05) is 45.9 Å². The minimum Gasteiger partial charge on any atom is -0.379 e. The Morgan fingerprint density at radius 3 is 2.43 bits per heavy atom. The molecular formula is C18H27N3O5S2. The van der Waals surface area contributed by atoms with Gasteiger partial charge < -0.3 is 15.0 Å². The van der Waals surface area contributed by atoms with Crippen LogP contribution in [0.15, 0.2) is 16.3 Å². The molecule has 0 aromatic carbocycles. The van der Waals surface area contributed by atoms with E-state index in [1.807, 2.05) is 4.90 Å². The number of sulfonamides is 1. The van der Waals surface area contributed by atoms with Crippen molar-refractivity contribution in [3.8, 4) is 0 Å². The normalized spacial score (nSPS) is 19.2. The van der Waals surface area contributed by atoms with Gasteiger partial charge in [0.05, 0.1) is 13.2 Å². The predicted octanol–water partition coefficient (Wildman–Crippen LogP) is 1.29. The molecular weight excluding hydrogens is 402 g/mol. The first kappa shape index (κ1) is 21.2. The summed E-state index contributed by atoms with van der Waals surface area (Å²) in [7, 11) is -3.73. The molecule has 2 amide bonds. The fourth-order valence-electron chi connectivity index (χ4n) is 3.43. The van der Waals surface area contributed by atoms with Gasteiger partial charge in [0.15, 0.2) is 0 Å². The van der Waals surface area contributed by atoms with Gasteiger partial charge in [-0.15, -0.1) is 11.3 Å². The Hall–Kier alpha value is -1.49. The number of ether oxygens (including phenoxy) is 1. The molecule has 0 aliphatic carbocycles. The molecule has 0 saturated carbocycles. The van der Waals surface area contributed by atoms with E-state index < -0.39 is 15.9 Å². The summed E-state index contributed by atoms with van der Waals surface area (Å²) in [6.07, 6.45) is 4.58. The van der Waals surface area contributed by atoms with Crippen LogP contribution in [0.4, 0.5) is 0 Å². The van der Waals surface area contributed by atoms with Crippen LogP contribution in [0.2, 0.25) is 0 Å². The Morgan fingerprint density at radius 2 is 1.75 bits per heavy atom. The zero-order chi connectivity index (χ0) is 20.0.